The minimum absolute atomic E-state index is 0.0661. The first kappa shape index (κ1) is 45.3. The number of imide groups is 1. The number of halogens is 4. The molecule has 312 valence electrons. The predicted octanol–water partition coefficient (Wildman–Crippen LogP) is 4.70. The zero-order valence-corrected chi connectivity index (χ0v) is 33.6. The van der Waals surface area contributed by atoms with Crippen molar-refractivity contribution in [3.63, 3.8) is 0 Å². The highest BCUT2D eigenvalue weighted by Gasteiger charge is 2.38. The molecule has 1 aromatic heterocycles. The van der Waals surface area contributed by atoms with Crippen molar-refractivity contribution in [2.75, 3.05) is 19.2 Å². The van der Waals surface area contributed by atoms with Crippen LogP contribution in [0.4, 0.5) is 23.9 Å². The zero-order valence-electron chi connectivity index (χ0n) is 32.0. The molecule has 2 heterocycles. The number of aliphatic hydroxyl groups is 2. The van der Waals surface area contributed by atoms with Crippen LogP contribution in [-0.2, 0) is 43.0 Å². The van der Waals surface area contributed by atoms with Gasteiger partial charge in [0.25, 0.3) is 11.5 Å². The number of ketones is 1. The van der Waals surface area contributed by atoms with E-state index in [1.165, 1.54) is 34.9 Å². The minimum atomic E-state index is -4.27. The van der Waals surface area contributed by atoms with Gasteiger partial charge in [0.05, 0.1) is 23.5 Å². The Morgan fingerprint density at radius 1 is 1.10 bits per heavy atom. The summed E-state index contributed by atoms with van der Waals surface area (Å²) in [7, 11) is 1.14. The minimum Gasteiger partial charge on any atom is -0.426 e. The molecular weight excluding hydrogens is 835 g/mol. The van der Waals surface area contributed by atoms with Crippen LogP contribution >= 0.6 is 15.9 Å². The SMILES string of the molecule is C=CC(C)Nc1nc2c(c(=O)n1-c1ccc(C(=O)N(C)C(=O)OCOC(=O)C(O)C(O)C(=O)C3CCC3)cc1)CC(C)N(C=O)C2.Cc1ccc(Br)c(C(F)(F)F)c1. The summed E-state index contributed by atoms with van der Waals surface area (Å²) in [6, 6.07) is 9.51. The molecule has 0 spiro atoms. The summed E-state index contributed by atoms with van der Waals surface area (Å²) >= 11 is 2.85. The molecule has 1 saturated carbocycles. The molecule has 1 fully saturated rings. The second-order valence-corrected chi connectivity index (χ2v) is 14.7. The van der Waals surface area contributed by atoms with Crippen LogP contribution in [0, 0.1) is 12.8 Å². The summed E-state index contributed by atoms with van der Waals surface area (Å²) in [5.41, 5.74) is 1.05. The number of hydrogen-bond donors (Lipinski definition) is 3. The maximum atomic E-state index is 13.7. The number of carbonyl (C=O) groups excluding carboxylic acids is 5. The van der Waals surface area contributed by atoms with Crippen molar-refractivity contribution in [1.29, 1.82) is 0 Å². The summed E-state index contributed by atoms with van der Waals surface area (Å²) in [5, 5.41) is 23.0. The normalized spacial score (nSPS) is 16.5. The maximum Gasteiger partial charge on any atom is 0.419 e. The van der Waals surface area contributed by atoms with E-state index in [2.05, 4.69) is 37.5 Å². The van der Waals surface area contributed by atoms with Crippen molar-refractivity contribution < 1.29 is 56.8 Å². The lowest BCUT2D eigenvalue weighted by atomic mass is 9.79. The van der Waals surface area contributed by atoms with Gasteiger partial charge in [0.2, 0.25) is 19.2 Å². The van der Waals surface area contributed by atoms with E-state index in [9.17, 15) is 52.2 Å². The van der Waals surface area contributed by atoms with Crippen LogP contribution in [0.1, 0.15) is 65.9 Å². The van der Waals surface area contributed by atoms with E-state index in [1.807, 2.05) is 13.8 Å². The number of benzene rings is 2. The molecule has 5 rings (SSSR count). The first-order valence-electron chi connectivity index (χ1n) is 18.0. The van der Waals surface area contributed by atoms with Crippen LogP contribution in [0.2, 0.25) is 0 Å². The Hall–Kier alpha value is -5.40. The van der Waals surface area contributed by atoms with Gasteiger partial charge in [0.1, 0.15) is 6.10 Å². The van der Waals surface area contributed by atoms with Crippen molar-refractivity contribution in [3.05, 3.63) is 97.9 Å². The lowest BCUT2D eigenvalue weighted by Gasteiger charge is -2.31. The van der Waals surface area contributed by atoms with Gasteiger partial charge in [-0.3, -0.25) is 19.2 Å². The fraction of sp³-hybridized carbons (Fsp3) is 0.410. The van der Waals surface area contributed by atoms with Crippen molar-refractivity contribution in [2.24, 2.45) is 5.92 Å². The van der Waals surface area contributed by atoms with E-state index < -0.39 is 60.4 Å². The number of Topliss-reactive ketones (excluding diaryl/α,β-unsaturated/α-hetero) is 1. The maximum absolute atomic E-state index is 13.7. The quantitative estimate of drug-likeness (QED) is 0.0984. The molecule has 4 unspecified atom stereocenters. The van der Waals surface area contributed by atoms with E-state index in [0.29, 0.717) is 46.7 Å². The predicted molar refractivity (Wildman–Crippen MR) is 206 cm³/mol. The summed E-state index contributed by atoms with van der Waals surface area (Å²) < 4.78 is 47.5. The Morgan fingerprint density at radius 2 is 1.76 bits per heavy atom. The molecule has 3 aromatic rings. The molecule has 1 aliphatic carbocycles. The number of nitrogens with zero attached hydrogens (tertiary/aromatic N) is 4. The molecule has 4 atom stereocenters. The Balaban J connectivity index is 0.000000530. The number of aliphatic hydroxyl groups excluding tert-OH is 2. The van der Waals surface area contributed by atoms with E-state index in [-0.39, 0.29) is 40.2 Å². The number of hydrogen-bond acceptors (Lipinski definition) is 12. The Morgan fingerprint density at radius 3 is 2.31 bits per heavy atom. The van der Waals surface area contributed by atoms with Crippen molar-refractivity contribution in [1.82, 2.24) is 19.4 Å². The van der Waals surface area contributed by atoms with Gasteiger partial charge in [0, 0.05) is 40.6 Å². The molecular formula is C39H43BrF3N5O10. The van der Waals surface area contributed by atoms with Crippen LogP contribution in [0.15, 0.2) is 64.4 Å². The number of ether oxygens (including phenoxy) is 2. The summed E-state index contributed by atoms with van der Waals surface area (Å²) in [6.45, 7) is 8.25. The lowest BCUT2D eigenvalue weighted by Crippen LogP contribution is -2.45. The van der Waals surface area contributed by atoms with Gasteiger partial charge in [-0.25, -0.2) is 24.0 Å². The van der Waals surface area contributed by atoms with Crippen molar-refractivity contribution >= 4 is 52.0 Å². The molecule has 58 heavy (non-hydrogen) atoms. The summed E-state index contributed by atoms with van der Waals surface area (Å²) in [5.74, 6) is -3.00. The number of carbonyl (C=O) groups is 5. The largest absolute Gasteiger partial charge is 0.426 e. The van der Waals surface area contributed by atoms with Gasteiger partial charge in [-0.05, 0) is 76.4 Å². The van der Waals surface area contributed by atoms with Gasteiger partial charge in [-0.15, -0.1) is 6.58 Å². The third-order valence-corrected chi connectivity index (χ3v) is 10.3. The first-order valence-corrected chi connectivity index (χ1v) is 18.8. The van der Waals surface area contributed by atoms with Crippen LogP contribution in [0.25, 0.3) is 5.69 Å². The third-order valence-electron chi connectivity index (χ3n) is 9.61. The first-order chi connectivity index (χ1) is 27.3. The number of amides is 3. The molecule has 3 N–H and O–H groups in total. The van der Waals surface area contributed by atoms with E-state index in [0.717, 1.165) is 25.9 Å². The second-order valence-electron chi connectivity index (χ2n) is 13.8. The van der Waals surface area contributed by atoms with E-state index in [4.69, 9.17) is 4.74 Å². The van der Waals surface area contributed by atoms with Crippen LogP contribution < -0.4 is 10.9 Å². The number of aryl methyl sites for hydroxylation is 1. The average molecular weight is 879 g/mol. The summed E-state index contributed by atoms with van der Waals surface area (Å²) in [6.07, 6.45) is -4.93. The number of nitrogens with one attached hydrogen (secondary N) is 1. The van der Waals surface area contributed by atoms with Crippen molar-refractivity contribution in [2.45, 2.75) is 83.5 Å². The highest BCUT2D eigenvalue weighted by Crippen LogP contribution is 2.35. The van der Waals surface area contributed by atoms with E-state index in [1.54, 1.807) is 24.0 Å². The second kappa shape index (κ2) is 19.4. The van der Waals surface area contributed by atoms with E-state index >= 15 is 0 Å². The number of esters is 1. The zero-order chi connectivity index (χ0) is 43.1. The number of rotatable bonds is 12. The molecule has 2 aliphatic rings. The molecule has 0 radical (unpaired) electrons. The Labute approximate surface area is 339 Å². The highest BCUT2D eigenvalue weighted by molar-refractivity contribution is 9.10. The number of alkyl halides is 3. The molecule has 15 nitrogen and oxygen atoms in total. The van der Waals surface area contributed by atoms with Crippen molar-refractivity contribution in [3.8, 4) is 5.69 Å². The number of fused-ring (bicyclic) bond motifs is 1. The van der Waals surface area contributed by atoms with Gasteiger partial charge in [0.15, 0.2) is 11.9 Å². The molecule has 0 bridgehead atoms. The Kier molecular flexibility index (Phi) is 15.1. The molecule has 3 amide bonds. The van der Waals surface area contributed by atoms with Crippen LogP contribution in [0.5, 0.6) is 0 Å². The van der Waals surface area contributed by atoms with Gasteiger partial charge < -0.3 is 29.9 Å². The Bertz CT molecular complexity index is 2090. The molecule has 1 aliphatic heterocycles. The average Bonchev–Trinajstić information content (AvgIpc) is 3.16. The van der Waals surface area contributed by atoms with Gasteiger partial charge in [-0.2, -0.15) is 13.2 Å². The van der Waals surface area contributed by atoms with Gasteiger partial charge in [-0.1, -0.05) is 40.1 Å². The monoisotopic (exact) mass is 877 g/mol. The smallest absolute Gasteiger partial charge is 0.419 e. The fourth-order valence-corrected chi connectivity index (χ4v) is 6.31. The molecule has 2 aromatic carbocycles. The number of anilines is 1. The number of aromatic nitrogens is 2. The van der Waals surface area contributed by atoms with Gasteiger partial charge >= 0.3 is 18.2 Å². The summed E-state index contributed by atoms with van der Waals surface area (Å²) in [4.78, 5) is 81.5. The lowest BCUT2D eigenvalue weighted by molar-refractivity contribution is -0.171. The topological polar surface area (TPSA) is 198 Å². The molecule has 19 heteroatoms. The molecule has 0 saturated heterocycles. The standard InChI is InChI=1S/C31H37N5O10.C8H6BrF3/c1-5-17(2)32-30-33-23-14-35(15-37)18(3)13-22(23)28(42)36(30)21-11-9-20(10-12-21)27(41)34(4)31(44)46-16-45-29(43)26(40)25(39)24(38)19-7-6-8-19;1-5-2-3-7(9)6(4-5)8(10,11)12/h5,9-12,15,17-19,25-26,39-40H,1,6-8,13-14,16H2,2-4H3,(H,32,33);2-4H,1H3. The van der Waals surface area contributed by atoms with Crippen LogP contribution in [-0.4, -0.2) is 97.9 Å². The highest BCUT2D eigenvalue weighted by atomic mass is 79.9. The van der Waals surface area contributed by atoms with Crippen LogP contribution in [0.3, 0.4) is 0 Å². The fourth-order valence-electron chi connectivity index (χ4n) is 5.84. The third kappa shape index (κ3) is 10.8.